The summed E-state index contributed by atoms with van der Waals surface area (Å²) in [6.45, 7) is 5.30. The smallest absolute Gasteiger partial charge is 0.214 e. The second-order valence-electron chi connectivity index (χ2n) is 3.97. The molecule has 1 aromatic heterocycles. The van der Waals surface area contributed by atoms with Gasteiger partial charge in [-0.2, -0.15) is 4.98 Å². The predicted molar refractivity (Wildman–Crippen MR) is 65.1 cm³/mol. The summed E-state index contributed by atoms with van der Waals surface area (Å²) in [7, 11) is 1.65. The number of aromatic nitrogens is 1. The zero-order chi connectivity index (χ0) is 11.4. The number of rotatable bonds is 4. The summed E-state index contributed by atoms with van der Waals surface area (Å²) in [6.07, 6.45) is 1.19. The standard InChI is InChI=1S/C12H19N3O/c1-3-15(10-7-8-13-9-10)11-5-4-6-12(14-11)16-2/h4-6,10,13H,3,7-9H2,1-2H3. The number of pyridine rings is 1. The van der Waals surface area contributed by atoms with E-state index >= 15 is 0 Å². The summed E-state index contributed by atoms with van der Waals surface area (Å²) in [5.74, 6) is 1.69. The van der Waals surface area contributed by atoms with Gasteiger partial charge >= 0.3 is 0 Å². The first kappa shape index (κ1) is 11.2. The van der Waals surface area contributed by atoms with Gasteiger partial charge in [-0.3, -0.25) is 0 Å². The van der Waals surface area contributed by atoms with Crippen molar-refractivity contribution in [2.24, 2.45) is 0 Å². The van der Waals surface area contributed by atoms with Crippen molar-refractivity contribution in [3.8, 4) is 5.88 Å². The first-order valence-corrected chi connectivity index (χ1v) is 5.83. The van der Waals surface area contributed by atoms with E-state index in [4.69, 9.17) is 4.74 Å². The molecule has 4 nitrogen and oxygen atoms in total. The maximum Gasteiger partial charge on any atom is 0.214 e. The molecule has 1 N–H and O–H groups in total. The molecule has 1 aliphatic rings. The van der Waals surface area contributed by atoms with Gasteiger partial charge in [0.05, 0.1) is 7.11 Å². The van der Waals surface area contributed by atoms with Gasteiger partial charge in [-0.25, -0.2) is 0 Å². The molecule has 0 bridgehead atoms. The average molecular weight is 221 g/mol. The van der Waals surface area contributed by atoms with Crippen LogP contribution in [0.15, 0.2) is 18.2 Å². The Labute approximate surface area is 96.6 Å². The van der Waals surface area contributed by atoms with Gasteiger partial charge < -0.3 is 15.0 Å². The minimum absolute atomic E-state index is 0.560. The fourth-order valence-electron chi connectivity index (χ4n) is 2.19. The van der Waals surface area contributed by atoms with E-state index in [1.54, 1.807) is 7.11 Å². The van der Waals surface area contributed by atoms with Crippen molar-refractivity contribution in [2.45, 2.75) is 19.4 Å². The van der Waals surface area contributed by atoms with Gasteiger partial charge in [-0.1, -0.05) is 6.07 Å². The molecule has 1 aliphatic heterocycles. The van der Waals surface area contributed by atoms with E-state index in [0.717, 1.165) is 25.5 Å². The van der Waals surface area contributed by atoms with Crippen molar-refractivity contribution in [1.29, 1.82) is 0 Å². The summed E-state index contributed by atoms with van der Waals surface area (Å²) in [6, 6.07) is 6.48. The summed E-state index contributed by atoms with van der Waals surface area (Å²) < 4.78 is 5.16. The molecule has 0 aromatic carbocycles. The van der Waals surface area contributed by atoms with E-state index < -0.39 is 0 Å². The lowest BCUT2D eigenvalue weighted by Gasteiger charge is -2.28. The van der Waals surface area contributed by atoms with Gasteiger partial charge in [0.15, 0.2) is 0 Å². The molecular weight excluding hydrogens is 202 g/mol. The number of nitrogens with one attached hydrogen (secondary N) is 1. The Hall–Kier alpha value is -1.29. The van der Waals surface area contributed by atoms with Crippen LogP contribution in [-0.4, -0.2) is 37.8 Å². The van der Waals surface area contributed by atoms with Crippen molar-refractivity contribution in [3.63, 3.8) is 0 Å². The SMILES string of the molecule is CCN(c1cccc(OC)n1)C1CCNC1. The van der Waals surface area contributed by atoms with Gasteiger partial charge in [0.1, 0.15) is 5.82 Å². The number of anilines is 1. The Kier molecular flexibility index (Phi) is 3.62. The summed E-state index contributed by atoms with van der Waals surface area (Å²) in [4.78, 5) is 6.82. The van der Waals surface area contributed by atoms with Crippen LogP contribution in [0.4, 0.5) is 5.82 Å². The third kappa shape index (κ3) is 2.27. The van der Waals surface area contributed by atoms with Crippen LogP contribution in [0.5, 0.6) is 5.88 Å². The lowest BCUT2D eigenvalue weighted by Crippen LogP contribution is -2.37. The summed E-state index contributed by atoms with van der Waals surface area (Å²) in [5, 5.41) is 3.38. The average Bonchev–Trinajstić information content (AvgIpc) is 2.84. The Balaban J connectivity index is 2.18. The summed E-state index contributed by atoms with van der Waals surface area (Å²) in [5.41, 5.74) is 0. The highest BCUT2D eigenvalue weighted by Gasteiger charge is 2.22. The molecule has 88 valence electrons. The fraction of sp³-hybridized carbons (Fsp3) is 0.583. The summed E-state index contributed by atoms with van der Waals surface area (Å²) >= 11 is 0. The fourth-order valence-corrected chi connectivity index (χ4v) is 2.19. The van der Waals surface area contributed by atoms with Crippen LogP contribution in [0.2, 0.25) is 0 Å². The van der Waals surface area contributed by atoms with Crippen molar-refractivity contribution in [1.82, 2.24) is 10.3 Å². The molecule has 1 aromatic rings. The largest absolute Gasteiger partial charge is 0.481 e. The third-order valence-electron chi connectivity index (χ3n) is 3.03. The molecule has 0 saturated carbocycles. The first-order chi connectivity index (χ1) is 7.85. The van der Waals surface area contributed by atoms with Crippen molar-refractivity contribution < 1.29 is 4.74 Å². The quantitative estimate of drug-likeness (QED) is 0.831. The lowest BCUT2D eigenvalue weighted by atomic mass is 10.2. The molecule has 1 atom stereocenters. The Morgan fingerprint density at radius 1 is 1.56 bits per heavy atom. The van der Waals surface area contributed by atoms with E-state index in [0.29, 0.717) is 11.9 Å². The molecule has 2 heterocycles. The molecule has 2 rings (SSSR count). The highest BCUT2D eigenvalue weighted by Crippen LogP contribution is 2.20. The second kappa shape index (κ2) is 5.16. The van der Waals surface area contributed by atoms with Crippen LogP contribution in [0, 0.1) is 0 Å². The highest BCUT2D eigenvalue weighted by atomic mass is 16.5. The molecule has 1 saturated heterocycles. The number of hydrogen-bond acceptors (Lipinski definition) is 4. The van der Waals surface area contributed by atoms with Crippen molar-refractivity contribution in [3.05, 3.63) is 18.2 Å². The van der Waals surface area contributed by atoms with Crippen LogP contribution in [-0.2, 0) is 0 Å². The minimum atomic E-state index is 0.560. The van der Waals surface area contributed by atoms with E-state index in [1.807, 2.05) is 18.2 Å². The Morgan fingerprint density at radius 2 is 2.44 bits per heavy atom. The maximum atomic E-state index is 5.16. The topological polar surface area (TPSA) is 37.4 Å². The maximum absolute atomic E-state index is 5.16. The molecule has 0 amide bonds. The van der Waals surface area contributed by atoms with E-state index in [2.05, 4.69) is 22.1 Å². The molecule has 0 spiro atoms. The molecule has 0 aliphatic carbocycles. The number of hydrogen-bond donors (Lipinski definition) is 1. The van der Waals surface area contributed by atoms with Gasteiger partial charge in [0.2, 0.25) is 5.88 Å². The van der Waals surface area contributed by atoms with E-state index in [1.165, 1.54) is 6.42 Å². The van der Waals surface area contributed by atoms with E-state index in [9.17, 15) is 0 Å². The van der Waals surface area contributed by atoms with Gasteiger partial charge in [0, 0.05) is 25.2 Å². The van der Waals surface area contributed by atoms with Gasteiger partial charge in [-0.05, 0) is 26.0 Å². The lowest BCUT2D eigenvalue weighted by molar-refractivity contribution is 0.397. The second-order valence-corrected chi connectivity index (χ2v) is 3.97. The number of ether oxygens (including phenoxy) is 1. The molecular formula is C12H19N3O. The highest BCUT2D eigenvalue weighted by molar-refractivity contribution is 5.42. The van der Waals surface area contributed by atoms with Crippen molar-refractivity contribution in [2.75, 3.05) is 31.6 Å². The zero-order valence-electron chi connectivity index (χ0n) is 9.94. The molecule has 0 radical (unpaired) electrons. The number of methoxy groups -OCH3 is 1. The van der Waals surface area contributed by atoms with Crippen LogP contribution >= 0.6 is 0 Å². The Bertz CT molecular complexity index is 337. The Morgan fingerprint density at radius 3 is 3.06 bits per heavy atom. The van der Waals surface area contributed by atoms with Crippen LogP contribution in [0.3, 0.4) is 0 Å². The molecule has 1 unspecified atom stereocenters. The third-order valence-corrected chi connectivity index (χ3v) is 3.03. The van der Waals surface area contributed by atoms with E-state index in [-0.39, 0.29) is 0 Å². The normalized spacial score (nSPS) is 19.8. The number of nitrogens with zero attached hydrogens (tertiary/aromatic N) is 2. The molecule has 16 heavy (non-hydrogen) atoms. The molecule has 4 heteroatoms. The predicted octanol–water partition coefficient (Wildman–Crippen LogP) is 1.28. The number of likely N-dealkylation sites (N-methyl/N-ethyl adjacent to an activating group) is 1. The monoisotopic (exact) mass is 221 g/mol. The van der Waals surface area contributed by atoms with Crippen LogP contribution < -0.4 is 15.0 Å². The first-order valence-electron chi connectivity index (χ1n) is 5.83. The van der Waals surface area contributed by atoms with Crippen molar-refractivity contribution >= 4 is 5.82 Å². The zero-order valence-corrected chi connectivity index (χ0v) is 9.94. The molecule has 1 fully saturated rings. The van der Waals surface area contributed by atoms with Crippen LogP contribution in [0.1, 0.15) is 13.3 Å². The van der Waals surface area contributed by atoms with Crippen LogP contribution in [0.25, 0.3) is 0 Å². The van der Waals surface area contributed by atoms with Gasteiger partial charge in [-0.15, -0.1) is 0 Å². The van der Waals surface area contributed by atoms with Gasteiger partial charge in [0.25, 0.3) is 0 Å². The minimum Gasteiger partial charge on any atom is -0.481 e.